The van der Waals surface area contributed by atoms with Crippen LogP contribution in [-0.2, 0) is 4.74 Å². The van der Waals surface area contributed by atoms with Crippen molar-refractivity contribution >= 4 is 0 Å². The van der Waals surface area contributed by atoms with Crippen molar-refractivity contribution in [3.63, 3.8) is 0 Å². The second-order valence-corrected chi connectivity index (χ2v) is 5.34. The summed E-state index contributed by atoms with van der Waals surface area (Å²) in [4.78, 5) is 0. The number of ether oxygens (including phenoxy) is 1. The highest BCUT2D eigenvalue weighted by Crippen LogP contribution is 2.30. The van der Waals surface area contributed by atoms with Crippen LogP contribution in [0.1, 0.15) is 44.9 Å². The maximum absolute atomic E-state index is 5.44. The maximum Gasteiger partial charge on any atom is 0.0495 e. The molecule has 2 fully saturated rings. The highest BCUT2D eigenvalue weighted by Gasteiger charge is 2.23. The molecule has 0 aromatic carbocycles. The summed E-state index contributed by atoms with van der Waals surface area (Å²) < 4.78 is 5.44. The van der Waals surface area contributed by atoms with E-state index in [2.05, 4.69) is 12.4 Å². The fourth-order valence-electron chi connectivity index (χ4n) is 3.15. The molecule has 2 aliphatic rings. The first kappa shape index (κ1) is 11.4. The van der Waals surface area contributed by atoms with Gasteiger partial charge in [0, 0.05) is 19.3 Å². The topological polar surface area (TPSA) is 21.3 Å². The van der Waals surface area contributed by atoms with Gasteiger partial charge in [-0.1, -0.05) is 25.7 Å². The molecule has 88 valence electrons. The first-order chi connectivity index (χ1) is 7.38. The number of hydrogen-bond acceptors (Lipinski definition) is 2. The molecule has 15 heavy (non-hydrogen) atoms. The van der Waals surface area contributed by atoms with E-state index in [0.29, 0.717) is 0 Å². The highest BCUT2D eigenvalue weighted by atomic mass is 16.5. The van der Waals surface area contributed by atoms with Crippen molar-refractivity contribution in [3.8, 4) is 0 Å². The Bertz CT molecular complexity index is 153. The number of hydrogen-bond donors (Lipinski definition) is 1. The van der Waals surface area contributed by atoms with Gasteiger partial charge in [-0.05, 0) is 38.1 Å². The largest absolute Gasteiger partial charge is 0.381 e. The zero-order valence-electron chi connectivity index (χ0n) is 10.0. The zero-order chi connectivity index (χ0) is 10.5. The van der Waals surface area contributed by atoms with E-state index in [4.69, 9.17) is 4.74 Å². The van der Waals surface area contributed by atoms with Gasteiger partial charge in [-0.15, -0.1) is 0 Å². The molecule has 2 nitrogen and oxygen atoms in total. The summed E-state index contributed by atoms with van der Waals surface area (Å²) in [7, 11) is 2.12. The fraction of sp³-hybridized carbons (Fsp3) is 1.00. The summed E-state index contributed by atoms with van der Waals surface area (Å²) in [5.74, 6) is 1.83. The van der Waals surface area contributed by atoms with Crippen LogP contribution in [0.2, 0.25) is 0 Å². The molecular weight excluding hydrogens is 186 g/mol. The van der Waals surface area contributed by atoms with Crippen LogP contribution in [0.3, 0.4) is 0 Å². The van der Waals surface area contributed by atoms with Crippen molar-refractivity contribution in [1.29, 1.82) is 0 Å². The molecule has 2 rings (SSSR count). The van der Waals surface area contributed by atoms with Crippen molar-refractivity contribution in [2.75, 3.05) is 20.3 Å². The summed E-state index contributed by atoms with van der Waals surface area (Å²) in [6, 6.07) is 0.736. The van der Waals surface area contributed by atoms with Gasteiger partial charge in [0.1, 0.15) is 0 Å². The molecule has 0 bridgehead atoms. The lowest BCUT2D eigenvalue weighted by Crippen LogP contribution is -2.30. The van der Waals surface area contributed by atoms with Crippen molar-refractivity contribution in [2.24, 2.45) is 11.8 Å². The minimum absolute atomic E-state index is 0.736. The minimum Gasteiger partial charge on any atom is -0.381 e. The van der Waals surface area contributed by atoms with Gasteiger partial charge in [0.2, 0.25) is 0 Å². The van der Waals surface area contributed by atoms with E-state index in [-0.39, 0.29) is 0 Å². The lowest BCUT2D eigenvalue weighted by molar-refractivity contribution is 0.180. The van der Waals surface area contributed by atoms with Crippen LogP contribution >= 0.6 is 0 Å². The monoisotopic (exact) mass is 211 g/mol. The molecule has 1 saturated heterocycles. The molecule has 1 heterocycles. The lowest BCUT2D eigenvalue weighted by atomic mass is 9.91. The smallest absolute Gasteiger partial charge is 0.0495 e. The van der Waals surface area contributed by atoms with Crippen LogP contribution in [-0.4, -0.2) is 26.3 Å². The molecule has 1 aliphatic carbocycles. The summed E-state index contributed by atoms with van der Waals surface area (Å²) in [5, 5.41) is 3.50. The van der Waals surface area contributed by atoms with Gasteiger partial charge in [-0.2, -0.15) is 0 Å². The van der Waals surface area contributed by atoms with Crippen molar-refractivity contribution in [1.82, 2.24) is 5.32 Å². The zero-order valence-corrected chi connectivity index (χ0v) is 10.0. The minimum atomic E-state index is 0.736. The molecule has 0 aromatic rings. The number of nitrogens with one attached hydrogen (secondary N) is 1. The van der Waals surface area contributed by atoms with Gasteiger partial charge < -0.3 is 10.1 Å². The van der Waals surface area contributed by atoms with E-state index in [0.717, 1.165) is 31.1 Å². The van der Waals surface area contributed by atoms with Gasteiger partial charge in [0.05, 0.1) is 0 Å². The molecule has 0 radical (unpaired) electrons. The molecule has 0 aromatic heterocycles. The van der Waals surface area contributed by atoms with Crippen LogP contribution in [0.25, 0.3) is 0 Å². The van der Waals surface area contributed by atoms with Crippen molar-refractivity contribution in [2.45, 2.75) is 51.0 Å². The van der Waals surface area contributed by atoms with Gasteiger partial charge in [0.15, 0.2) is 0 Å². The average Bonchev–Trinajstić information content (AvgIpc) is 2.89. The molecule has 2 atom stereocenters. The summed E-state index contributed by atoms with van der Waals surface area (Å²) in [5.41, 5.74) is 0. The molecular formula is C13H25NO. The Morgan fingerprint density at radius 2 is 1.87 bits per heavy atom. The lowest BCUT2D eigenvalue weighted by Gasteiger charge is -2.22. The second-order valence-electron chi connectivity index (χ2n) is 5.34. The third-order valence-electron chi connectivity index (χ3n) is 4.14. The Morgan fingerprint density at radius 3 is 2.47 bits per heavy atom. The molecule has 1 N–H and O–H groups in total. The predicted molar refractivity (Wildman–Crippen MR) is 63.0 cm³/mol. The average molecular weight is 211 g/mol. The van der Waals surface area contributed by atoms with Crippen LogP contribution in [0.5, 0.6) is 0 Å². The Morgan fingerprint density at radius 1 is 1.13 bits per heavy atom. The summed E-state index contributed by atoms with van der Waals surface area (Å²) in [6.45, 7) is 1.99. The fourth-order valence-corrected chi connectivity index (χ4v) is 3.15. The van der Waals surface area contributed by atoms with Crippen molar-refractivity contribution < 1.29 is 4.74 Å². The van der Waals surface area contributed by atoms with E-state index in [9.17, 15) is 0 Å². The van der Waals surface area contributed by atoms with E-state index in [1.165, 1.54) is 44.9 Å². The van der Waals surface area contributed by atoms with Crippen molar-refractivity contribution in [3.05, 3.63) is 0 Å². The Labute approximate surface area is 93.8 Å². The summed E-state index contributed by atoms with van der Waals surface area (Å²) >= 11 is 0. The first-order valence-electron chi connectivity index (χ1n) is 6.63. The maximum atomic E-state index is 5.44. The van der Waals surface area contributed by atoms with Gasteiger partial charge >= 0.3 is 0 Å². The molecule has 2 heteroatoms. The molecule has 1 saturated carbocycles. The normalized spacial score (nSPS) is 29.8. The number of rotatable bonds is 5. The predicted octanol–water partition coefficient (Wildman–Crippen LogP) is 2.58. The Hall–Kier alpha value is -0.0800. The highest BCUT2D eigenvalue weighted by molar-refractivity contribution is 4.78. The van der Waals surface area contributed by atoms with Crippen LogP contribution < -0.4 is 5.32 Å². The van der Waals surface area contributed by atoms with Crippen LogP contribution in [0, 0.1) is 11.8 Å². The van der Waals surface area contributed by atoms with Gasteiger partial charge in [-0.25, -0.2) is 0 Å². The Kier molecular flexibility index (Phi) is 4.45. The SMILES string of the molecule is CNC(CC1CCCC1)CC1CCOC1. The Balaban J connectivity index is 1.70. The summed E-state index contributed by atoms with van der Waals surface area (Å²) in [6.07, 6.45) is 9.88. The van der Waals surface area contributed by atoms with Gasteiger partial charge in [0.25, 0.3) is 0 Å². The standard InChI is InChI=1S/C13H25NO/c1-14-13(8-11-4-2-3-5-11)9-12-6-7-15-10-12/h11-14H,2-10H2,1H3. The third-order valence-corrected chi connectivity index (χ3v) is 4.14. The van der Waals surface area contributed by atoms with E-state index in [1.807, 2.05) is 0 Å². The third kappa shape index (κ3) is 3.46. The van der Waals surface area contributed by atoms with E-state index in [1.54, 1.807) is 0 Å². The molecule has 2 unspecified atom stereocenters. The van der Waals surface area contributed by atoms with E-state index >= 15 is 0 Å². The van der Waals surface area contributed by atoms with E-state index < -0.39 is 0 Å². The van der Waals surface area contributed by atoms with Crippen LogP contribution in [0.4, 0.5) is 0 Å². The molecule has 1 aliphatic heterocycles. The molecule has 0 amide bonds. The quantitative estimate of drug-likeness (QED) is 0.754. The van der Waals surface area contributed by atoms with Crippen LogP contribution in [0.15, 0.2) is 0 Å². The van der Waals surface area contributed by atoms with Gasteiger partial charge in [-0.3, -0.25) is 0 Å². The molecule has 0 spiro atoms. The first-order valence-corrected chi connectivity index (χ1v) is 6.63. The second kappa shape index (κ2) is 5.86.